The summed E-state index contributed by atoms with van der Waals surface area (Å²) in [5.74, 6) is -0.763. The van der Waals surface area contributed by atoms with Gasteiger partial charge in [-0.15, -0.1) is 0 Å². The van der Waals surface area contributed by atoms with E-state index in [1.165, 1.54) is 18.2 Å². The number of aromatic nitrogens is 5. The number of rotatable bonds is 4. The number of allylic oxidation sites excluding steroid dienone is 3. The summed E-state index contributed by atoms with van der Waals surface area (Å²) >= 11 is 0. The number of nitrogens with two attached hydrogens (primary N) is 2. The maximum Gasteiger partial charge on any atom is 0.135 e. The van der Waals surface area contributed by atoms with Gasteiger partial charge in [-0.25, -0.2) is 13.8 Å². The molecule has 0 saturated carbocycles. The Kier molecular flexibility index (Phi) is 10.5. The van der Waals surface area contributed by atoms with Crippen LogP contribution >= 0.6 is 0 Å². The molecule has 5 N–H and O–H groups in total. The van der Waals surface area contributed by atoms with Gasteiger partial charge in [-0.3, -0.25) is 4.98 Å². The summed E-state index contributed by atoms with van der Waals surface area (Å²) in [6.07, 6.45) is 8.66. The standard InChI is InChI=1S/C20H19F2N7.C4H10.C2H6/c21-13-5-2-6-14(22)19(13)15(23)7-11-3-1-4-12(20(11)24)16-8-25-9-17(27-16)18-10-26-29-28-18;1-4(2)3;1-2/h2,5-10,12H,1,3-4,23-24H2,(H,26,28,29);4H,1-3H3;1-2H3/b15-7-;;. The number of nitrogens with one attached hydrogen (secondary N) is 1. The molecule has 4 rings (SSSR count). The Morgan fingerprint density at radius 3 is 2.34 bits per heavy atom. The maximum absolute atomic E-state index is 14.0. The molecule has 1 aromatic carbocycles. The maximum atomic E-state index is 14.0. The molecule has 1 aliphatic rings. The molecule has 0 bridgehead atoms. The van der Waals surface area contributed by atoms with Gasteiger partial charge in [0.25, 0.3) is 0 Å². The van der Waals surface area contributed by atoms with Gasteiger partial charge in [0.2, 0.25) is 0 Å². The fourth-order valence-corrected chi connectivity index (χ4v) is 3.51. The second-order valence-electron chi connectivity index (χ2n) is 8.54. The van der Waals surface area contributed by atoms with Crippen molar-refractivity contribution in [1.29, 1.82) is 0 Å². The lowest BCUT2D eigenvalue weighted by molar-refractivity contribution is 0.576. The Bertz CT molecular complexity index is 1120. The van der Waals surface area contributed by atoms with Gasteiger partial charge in [-0.05, 0) is 49.0 Å². The Hall–Kier alpha value is -3.62. The lowest BCUT2D eigenvalue weighted by atomic mass is 9.84. The van der Waals surface area contributed by atoms with E-state index in [2.05, 4.69) is 46.1 Å². The third kappa shape index (κ3) is 7.43. The van der Waals surface area contributed by atoms with E-state index >= 15 is 0 Å². The van der Waals surface area contributed by atoms with Crippen molar-refractivity contribution < 1.29 is 8.78 Å². The van der Waals surface area contributed by atoms with Crippen molar-refractivity contribution in [2.24, 2.45) is 17.4 Å². The van der Waals surface area contributed by atoms with Gasteiger partial charge in [-0.1, -0.05) is 40.7 Å². The summed E-state index contributed by atoms with van der Waals surface area (Å²) in [7, 11) is 0. The average molecular weight is 484 g/mol. The zero-order valence-electron chi connectivity index (χ0n) is 21.0. The van der Waals surface area contributed by atoms with Crippen molar-refractivity contribution in [2.75, 3.05) is 0 Å². The summed E-state index contributed by atoms with van der Waals surface area (Å²) in [4.78, 5) is 8.86. The topological polar surface area (TPSA) is 119 Å². The van der Waals surface area contributed by atoms with Crippen LogP contribution in [0, 0.1) is 17.6 Å². The predicted octanol–water partition coefficient (Wildman–Crippen LogP) is 5.71. The minimum Gasteiger partial charge on any atom is -0.401 e. The second-order valence-corrected chi connectivity index (χ2v) is 8.54. The number of halogens is 2. The molecule has 0 amide bonds. The highest BCUT2D eigenvalue weighted by atomic mass is 19.1. The monoisotopic (exact) mass is 483 g/mol. The number of hydrogen-bond donors (Lipinski definition) is 3. The minimum absolute atomic E-state index is 0.00151. The van der Waals surface area contributed by atoms with Crippen molar-refractivity contribution >= 4 is 5.70 Å². The molecule has 0 spiro atoms. The molecule has 9 heteroatoms. The molecule has 0 radical (unpaired) electrons. The predicted molar refractivity (Wildman–Crippen MR) is 136 cm³/mol. The molecular weight excluding hydrogens is 448 g/mol. The van der Waals surface area contributed by atoms with Crippen molar-refractivity contribution in [3.8, 4) is 11.4 Å². The molecule has 1 atom stereocenters. The van der Waals surface area contributed by atoms with Gasteiger partial charge in [0.15, 0.2) is 0 Å². The average Bonchev–Trinajstić information content (AvgIpc) is 3.37. The van der Waals surface area contributed by atoms with Crippen LogP contribution in [0.5, 0.6) is 0 Å². The van der Waals surface area contributed by atoms with Crippen LogP contribution in [0.1, 0.15) is 71.1 Å². The summed E-state index contributed by atoms with van der Waals surface area (Å²) in [5, 5.41) is 10.3. The number of nitrogens with zero attached hydrogens (tertiary/aromatic N) is 4. The first-order chi connectivity index (χ1) is 16.8. The first-order valence-electron chi connectivity index (χ1n) is 11.9. The van der Waals surface area contributed by atoms with Crippen LogP contribution in [0.15, 0.2) is 54.1 Å². The van der Waals surface area contributed by atoms with Gasteiger partial charge in [0, 0.05) is 23.5 Å². The highest BCUT2D eigenvalue weighted by Crippen LogP contribution is 2.35. The minimum atomic E-state index is -0.712. The third-order valence-corrected chi connectivity index (χ3v) is 4.95. The van der Waals surface area contributed by atoms with Gasteiger partial charge >= 0.3 is 0 Å². The summed E-state index contributed by atoms with van der Waals surface area (Å²) < 4.78 is 28.1. The molecule has 7 nitrogen and oxygen atoms in total. The van der Waals surface area contributed by atoms with Crippen LogP contribution in [0.4, 0.5) is 8.78 Å². The van der Waals surface area contributed by atoms with Gasteiger partial charge < -0.3 is 11.5 Å². The summed E-state index contributed by atoms with van der Waals surface area (Å²) in [6.45, 7) is 10.5. The molecule has 0 saturated heterocycles. The Labute approximate surface area is 205 Å². The molecule has 1 unspecified atom stereocenters. The van der Waals surface area contributed by atoms with E-state index in [1.807, 2.05) is 13.8 Å². The van der Waals surface area contributed by atoms with E-state index in [4.69, 9.17) is 11.5 Å². The Morgan fingerprint density at radius 2 is 1.74 bits per heavy atom. The second kappa shape index (κ2) is 13.3. The lowest BCUT2D eigenvalue weighted by Gasteiger charge is -2.25. The largest absolute Gasteiger partial charge is 0.401 e. The molecule has 188 valence electrons. The van der Waals surface area contributed by atoms with Crippen LogP contribution in [0.3, 0.4) is 0 Å². The Balaban J connectivity index is 0.000000655. The molecule has 3 aromatic rings. The summed E-state index contributed by atoms with van der Waals surface area (Å²) in [6, 6.07) is 3.64. The smallest absolute Gasteiger partial charge is 0.135 e. The van der Waals surface area contributed by atoms with Crippen molar-refractivity contribution in [1.82, 2.24) is 25.4 Å². The molecule has 35 heavy (non-hydrogen) atoms. The van der Waals surface area contributed by atoms with E-state index < -0.39 is 11.6 Å². The fraction of sp³-hybridized carbons (Fsp3) is 0.385. The highest BCUT2D eigenvalue weighted by Gasteiger charge is 2.24. The van der Waals surface area contributed by atoms with Crippen LogP contribution in [0.25, 0.3) is 17.1 Å². The summed E-state index contributed by atoms with van der Waals surface area (Å²) in [5.41, 5.74) is 15.4. The van der Waals surface area contributed by atoms with E-state index in [0.717, 1.165) is 24.3 Å². The normalized spacial score (nSPS) is 15.8. The van der Waals surface area contributed by atoms with Crippen LogP contribution < -0.4 is 11.5 Å². The van der Waals surface area contributed by atoms with E-state index in [1.54, 1.807) is 24.7 Å². The number of benzene rings is 1. The van der Waals surface area contributed by atoms with Crippen LogP contribution in [-0.2, 0) is 0 Å². The number of H-pyrrole nitrogens is 1. The fourth-order valence-electron chi connectivity index (χ4n) is 3.51. The third-order valence-electron chi connectivity index (χ3n) is 4.95. The molecule has 2 heterocycles. The van der Waals surface area contributed by atoms with E-state index in [9.17, 15) is 8.78 Å². The van der Waals surface area contributed by atoms with Crippen molar-refractivity contribution in [2.45, 2.75) is 59.8 Å². The van der Waals surface area contributed by atoms with Crippen LogP contribution in [0.2, 0.25) is 0 Å². The molecular formula is C26H35F2N7. The molecule has 0 fully saturated rings. The highest BCUT2D eigenvalue weighted by molar-refractivity contribution is 5.67. The van der Waals surface area contributed by atoms with Gasteiger partial charge in [0.1, 0.15) is 23.0 Å². The Morgan fingerprint density at radius 1 is 1.09 bits per heavy atom. The molecule has 1 aliphatic carbocycles. The zero-order chi connectivity index (χ0) is 26.0. The first kappa shape index (κ1) is 27.6. The molecule has 2 aromatic heterocycles. The van der Waals surface area contributed by atoms with Gasteiger partial charge in [-0.2, -0.15) is 15.4 Å². The van der Waals surface area contributed by atoms with Crippen molar-refractivity contribution in [3.63, 3.8) is 0 Å². The van der Waals surface area contributed by atoms with Crippen LogP contribution in [-0.4, -0.2) is 25.4 Å². The van der Waals surface area contributed by atoms with Crippen molar-refractivity contribution in [3.05, 3.63) is 77.0 Å². The number of hydrogen-bond acceptors (Lipinski definition) is 6. The quantitative estimate of drug-likeness (QED) is 0.437. The first-order valence-corrected chi connectivity index (χ1v) is 11.9. The van der Waals surface area contributed by atoms with E-state index in [0.29, 0.717) is 29.2 Å². The van der Waals surface area contributed by atoms with Gasteiger partial charge in [0.05, 0.1) is 23.7 Å². The lowest BCUT2D eigenvalue weighted by Crippen LogP contribution is -2.19. The van der Waals surface area contributed by atoms with E-state index in [-0.39, 0.29) is 17.2 Å². The number of aromatic amines is 1. The zero-order valence-corrected chi connectivity index (χ0v) is 21.0. The molecule has 0 aliphatic heterocycles. The SMILES string of the molecule is CC.CC(C)C.NC1=C(/C=C(\N)c2c(F)cccc2F)CCCC1c1cncc(-c2cn[nH]n2)n1.